The second kappa shape index (κ2) is 5.95. The summed E-state index contributed by atoms with van der Waals surface area (Å²) in [6, 6.07) is 4.96. The Hall–Kier alpha value is -1.11. The van der Waals surface area contributed by atoms with Crippen LogP contribution in [0, 0.1) is 5.82 Å². The number of rotatable bonds is 5. The van der Waals surface area contributed by atoms with Gasteiger partial charge in [-0.3, -0.25) is 0 Å². The fourth-order valence-electron chi connectivity index (χ4n) is 2.03. The standard InChI is InChI=1S/C15H22BFO4/c1-14(2)15(3,4)21-16(20-14)11-7-6-8-12(13(11)17)19-10-9-18-5/h6-8H,9-10H2,1-5H3. The summed E-state index contributed by atoms with van der Waals surface area (Å²) < 4.78 is 36.5. The Balaban J connectivity index is 2.20. The molecule has 1 aromatic rings. The van der Waals surface area contributed by atoms with E-state index in [1.165, 1.54) is 0 Å². The Morgan fingerprint density at radius 3 is 2.29 bits per heavy atom. The molecule has 0 spiro atoms. The zero-order valence-corrected chi connectivity index (χ0v) is 13.2. The largest absolute Gasteiger partial charge is 0.497 e. The highest BCUT2D eigenvalue weighted by atomic mass is 19.1. The average Bonchev–Trinajstić information content (AvgIpc) is 2.60. The van der Waals surface area contributed by atoms with Crippen molar-refractivity contribution in [2.75, 3.05) is 20.3 Å². The monoisotopic (exact) mass is 296 g/mol. The molecule has 1 aromatic carbocycles. The third-order valence-corrected chi connectivity index (χ3v) is 4.05. The molecule has 0 atom stereocenters. The van der Waals surface area contributed by atoms with E-state index in [4.69, 9.17) is 18.8 Å². The fraction of sp³-hybridized carbons (Fsp3) is 0.600. The van der Waals surface area contributed by atoms with Gasteiger partial charge in [0.25, 0.3) is 0 Å². The Bertz CT molecular complexity index is 488. The summed E-state index contributed by atoms with van der Waals surface area (Å²) in [5.41, 5.74) is -0.655. The minimum atomic E-state index is -0.735. The lowest BCUT2D eigenvalue weighted by Crippen LogP contribution is -2.41. The van der Waals surface area contributed by atoms with Crippen molar-refractivity contribution in [1.29, 1.82) is 0 Å². The van der Waals surface area contributed by atoms with Gasteiger partial charge in [-0.25, -0.2) is 4.39 Å². The number of halogens is 1. The number of benzene rings is 1. The zero-order chi connectivity index (χ0) is 15.7. The summed E-state index contributed by atoms with van der Waals surface area (Å²) >= 11 is 0. The van der Waals surface area contributed by atoms with E-state index in [1.54, 1.807) is 25.3 Å². The molecule has 2 rings (SSSR count). The maximum absolute atomic E-state index is 14.5. The summed E-state index contributed by atoms with van der Waals surface area (Å²) in [6.45, 7) is 8.43. The van der Waals surface area contributed by atoms with Gasteiger partial charge < -0.3 is 18.8 Å². The van der Waals surface area contributed by atoms with Gasteiger partial charge in [0.1, 0.15) is 6.61 Å². The molecule has 6 heteroatoms. The van der Waals surface area contributed by atoms with Crippen LogP contribution < -0.4 is 10.2 Å². The average molecular weight is 296 g/mol. The van der Waals surface area contributed by atoms with Crippen LogP contribution >= 0.6 is 0 Å². The lowest BCUT2D eigenvalue weighted by Gasteiger charge is -2.32. The molecular weight excluding hydrogens is 274 g/mol. The van der Waals surface area contributed by atoms with Gasteiger partial charge in [0.15, 0.2) is 11.6 Å². The molecule has 0 saturated carbocycles. The van der Waals surface area contributed by atoms with Crippen LogP contribution in [-0.4, -0.2) is 38.6 Å². The summed E-state index contributed by atoms with van der Waals surface area (Å²) in [4.78, 5) is 0. The van der Waals surface area contributed by atoms with Crippen molar-refractivity contribution >= 4 is 12.6 Å². The van der Waals surface area contributed by atoms with Crippen LogP contribution in [-0.2, 0) is 14.0 Å². The highest BCUT2D eigenvalue weighted by molar-refractivity contribution is 6.62. The molecule has 0 bridgehead atoms. The first-order chi connectivity index (χ1) is 9.78. The van der Waals surface area contributed by atoms with Gasteiger partial charge >= 0.3 is 7.12 Å². The van der Waals surface area contributed by atoms with Crippen LogP contribution in [0.25, 0.3) is 0 Å². The van der Waals surface area contributed by atoms with E-state index >= 15 is 0 Å². The van der Waals surface area contributed by atoms with Gasteiger partial charge in [0, 0.05) is 12.6 Å². The lowest BCUT2D eigenvalue weighted by molar-refractivity contribution is 0.00578. The fourth-order valence-corrected chi connectivity index (χ4v) is 2.03. The molecule has 1 saturated heterocycles. The van der Waals surface area contributed by atoms with Crippen molar-refractivity contribution in [3.63, 3.8) is 0 Å². The van der Waals surface area contributed by atoms with Crippen LogP contribution in [0.3, 0.4) is 0 Å². The normalized spacial score (nSPS) is 19.8. The highest BCUT2D eigenvalue weighted by Crippen LogP contribution is 2.36. The van der Waals surface area contributed by atoms with Crippen molar-refractivity contribution in [1.82, 2.24) is 0 Å². The Kier molecular flexibility index (Phi) is 4.61. The van der Waals surface area contributed by atoms with E-state index in [-0.39, 0.29) is 5.75 Å². The van der Waals surface area contributed by atoms with Gasteiger partial charge in [-0.05, 0) is 33.8 Å². The number of ether oxygens (including phenoxy) is 2. The van der Waals surface area contributed by atoms with Crippen LogP contribution in [0.1, 0.15) is 27.7 Å². The number of methoxy groups -OCH3 is 1. The van der Waals surface area contributed by atoms with Crippen LogP contribution in [0.4, 0.5) is 4.39 Å². The molecule has 1 aliphatic rings. The van der Waals surface area contributed by atoms with Crippen molar-refractivity contribution in [3.05, 3.63) is 24.0 Å². The molecule has 1 heterocycles. The molecule has 21 heavy (non-hydrogen) atoms. The zero-order valence-electron chi connectivity index (χ0n) is 13.2. The molecule has 1 fully saturated rings. The molecule has 0 aliphatic carbocycles. The van der Waals surface area contributed by atoms with Crippen molar-refractivity contribution in [3.8, 4) is 5.75 Å². The quantitative estimate of drug-likeness (QED) is 0.616. The van der Waals surface area contributed by atoms with Gasteiger partial charge in [-0.1, -0.05) is 12.1 Å². The van der Waals surface area contributed by atoms with Crippen LogP contribution in [0.15, 0.2) is 18.2 Å². The van der Waals surface area contributed by atoms with E-state index in [9.17, 15) is 4.39 Å². The predicted octanol–water partition coefficient (Wildman–Crippen LogP) is 2.15. The second-order valence-corrected chi connectivity index (χ2v) is 6.09. The maximum Gasteiger partial charge on any atom is 0.497 e. The first-order valence-electron chi connectivity index (χ1n) is 7.04. The maximum atomic E-state index is 14.5. The highest BCUT2D eigenvalue weighted by Gasteiger charge is 2.52. The molecular formula is C15H22BFO4. The first-order valence-corrected chi connectivity index (χ1v) is 7.04. The van der Waals surface area contributed by atoms with Crippen molar-refractivity contribution < 1.29 is 23.2 Å². The topological polar surface area (TPSA) is 36.9 Å². The van der Waals surface area contributed by atoms with Crippen LogP contribution in [0.5, 0.6) is 5.75 Å². The summed E-state index contributed by atoms with van der Waals surface area (Å²) in [5.74, 6) is -0.272. The van der Waals surface area contributed by atoms with Gasteiger partial charge in [0.2, 0.25) is 0 Å². The van der Waals surface area contributed by atoms with Gasteiger partial charge in [0.05, 0.1) is 17.8 Å². The Morgan fingerprint density at radius 1 is 1.10 bits per heavy atom. The third-order valence-electron chi connectivity index (χ3n) is 4.05. The molecule has 1 aliphatic heterocycles. The molecule has 0 aromatic heterocycles. The Labute approximate surface area is 125 Å². The summed E-state index contributed by atoms with van der Waals surface area (Å²) in [6.07, 6.45) is 0. The lowest BCUT2D eigenvalue weighted by atomic mass is 9.78. The Morgan fingerprint density at radius 2 is 1.71 bits per heavy atom. The summed E-state index contributed by atoms with van der Waals surface area (Å²) in [7, 11) is 0.835. The molecule has 116 valence electrons. The van der Waals surface area contributed by atoms with E-state index in [0.717, 1.165) is 0 Å². The number of hydrogen-bond acceptors (Lipinski definition) is 4. The van der Waals surface area contributed by atoms with E-state index < -0.39 is 24.1 Å². The smallest absolute Gasteiger partial charge is 0.488 e. The van der Waals surface area contributed by atoms with Gasteiger partial charge in [-0.15, -0.1) is 0 Å². The van der Waals surface area contributed by atoms with E-state index in [1.807, 2.05) is 27.7 Å². The molecule has 0 amide bonds. The molecule has 4 nitrogen and oxygen atoms in total. The molecule has 0 unspecified atom stereocenters. The molecule has 0 N–H and O–H groups in total. The first kappa shape index (κ1) is 16.3. The van der Waals surface area contributed by atoms with Crippen molar-refractivity contribution in [2.24, 2.45) is 0 Å². The second-order valence-electron chi connectivity index (χ2n) is 6.09. The van der Waals surface area contributed by atoms with E-state index in [2.05, 4.69) is 0 Å². The molecule has 0 radical (unpaired) electrons. The third kappa shape index (κ3) is 3.22. The predicted molar refractivity (Wildman–Crippen MR) is 79.5 cm³/mol. The SMILES string of the molecule is COCCOc1cccc(B2OC(C)(C)C(C)(C)O2)c1F. The van der Waals surface area contributed by atoms with E-state index in [0.29, 0.717) is 18.7 Å². The minimum Gasteiger partial charge on any atom is -0.488 e. The number of hydrogen-bond donors (Lipinski definition) is 0. The van der Waals surface area contributed by atoms with Gasteiger partial charge in [-0.2, -0.15) is 0 Å². The van der Waals surface area contributed by atoms with Crippen molar-refractivity contribution in [2.45, 2.75) is 38.9 Å². The summed E-state index contributed by atoms with van der Waals surface area (Å²) in [5, 5.41) is 0. The van der Waals surface area contributed by atoms with Crippen LogP contribution in [0.2, 0.25) is 0 Å². The minimum absolute atomic E-state index is 0.180.